The van der Waals surface area contributed by atoms with E-state index in [-0.39, 0.29) is 12.2 Å². The summed E-state index contributed by atoms with van der Waals surface area (Å²) >= 11 is 0. The number of fused-ring (bicyclic) bond motifs is 1. The summed E-state index contributed by atoms with van der Waals surface area (Å²) in [5.74, 6) is 0.565. The highest BCUT2D eigenvalue weighted by molar-refractivity contribution is 5.43. The molecule has 1 heterocycles. The third kappa shape index (κ3) is 3.50. The van der Waals surface area contributed by atoms with E-state index in [2.05, 4.69) is 11.7 Å². The van der Waals surface area contributed by atoms with Crippen molar-refractivity contribution in [2.45, 2.75) is 51.6 Å². The lowest BCUT2D eigenvalue weighted by molar-refractivity contribution is -0.188. The van der Waals surface area contributed by atoms with Gasteiger partial charge in [-0.3, -0.25) is 0 Å². The number of alkyl halides is 2. The Labute approximate surface area is 128 Å². The Balaban J connectivity index is 1.65. The topological polar surface area (TPSA) is 18.5 Å². The summed E-state index contributed by atoms with van der Waals surface area (Å²) in [6, 6.07) is 2.77. The highest BCUT2D eigenvalue weighted by Gasteiger charge is 2.37. The molecule has 22 heavy (non-hydrogen) atoms. The van der Waals surface area contributed by atoms with E-state index in [9.17, 15) is 13.2 Å². The Morgan fingerprint density at radius 2 is 1.95 bits per heavy atom. The molecule has 1 saturated carbocycles. The molecule has 0 aromatic heterocycles. The van der Waals surface area contributed by atoms with Gasteiger partial charge in [0.15, 0.2) is 11.6 Å². The SMILES string of the molecule is CC1CCC(COc2cc(F)c3c(c2)CCC(F)(F)O3)CC1. The summed E-state index contributed by atoms with van der Waals surface area (Å²) in [6.45, 7) is 2.81. The van der Waals surface area contributed by atoms with Crippen LogP contribution in [0.25, 0.3) is 0 Å². The number of ether oxygens (including phenoxy) is 2. The number of rotatable bonds is 3. The number of hydrogen-bond acceptors (Lipinski definition) is 2. The molecule has 0 radical (unpaired) electrons. The minimum atomic E-state index is -3.28. The number of benzene rings is 1. The van der Waals surface area contributed by atoms with Crippen molar-refractivity contribution in [1.82, 2.24) is 0 Å². The number of aryl methyl sites for hydroxylation is 1. The van der Waals surface area contributed by atoms with Crippen LogP contribution in [0.3, 0.4) is 0 Å². The number of hydrogen-bond donors (Lipinski definition) is 0. The van der Waals surface area contributed by atoms with Gasteiger partial charge in [0.1, 0.15) is 5.75 Å². The molecule has 0 amide bonds. The maximum absolute atomic E-state index is 14.0. The molecule has 0 saturated heterocycles. The summed E-state index contributed by atoms with van der Waals surface area (Å²) in [4.78, 5) is 0. The van der Waals surface area contributed by atoms with Crippen LogP contribution in [0.5, 0.6) is 11.5 Å². The van der Waals surface area contributed by atoms with E-state index < -0.39 is 18.3 Å². The monoisotopic (exact) mass is 314 g/mol. The van der Waals surface area contributed by atoms with Crippen LogP contribution in [0, 0.1) is 17.7 Å². The van der Waals surface area contributed by atoms with E-state index in [1.54, 1.807) is 6.07 Å². The Kier molecular flexibility index (Phi) is 4.24. The van der Waals surface area contributed by atoms with Crippen LogP contribution in [0.4, 0.5) is 13.2 Å². The Bertz CT molecular complexity index is 537. The molecule has 5 heteroatoms. The largest absolute Gasteiger partial charge is 0.493 e. The second-order valence-electron chi connectivity index (χ2n) is 6.57. The predicted octanol–water partition coefficient (Wildman–Crippen LogP) is 4.95. The van der Waals surface area contributed by atoms with Gasteiger partial charge >= 0.3 is 6.11 Å². The van der Waals surface area contributed by atoms with E-state index >= 15 is 0 Å². The molecule has 122 valence electrons. The molecule has 1 fully saturated rings. The summed E-state index contributed by atoms with van der Waals surface area (Å²) in [5, 5.41) is 0. The van der Waals surface area contributed by atoms with Crippen molar-refractivity contribution in [3.05, 3.63) is 23.5 Å². The van der Waals surface area contributed by atoms with Gasteiger partial charge in [0.05, 0.1) is 13.0 Å². The second kappa shape index (κ2) is 6.01. The molecule has 0 bridgehead atoms. The van der Waals surface area contributed by atoms with Crippen LogP contribution in [-0.2, 0) is 6.42 Å². The van der Waals surface area contributed by atoms with E-state index in [4.69, 9.17) is 4.74 Å². The fourth-order valence-electron chi connectivity index (χ4n) is 3.20. The summed E-state index contributed by atoms with van der Waals surface area (Å²) in [6.07, 6.45) is 1.05. The van der Waals surface area contributed by atoms with Crippen LogP contribution >= 0.6 is 0 Å². The highest BCUT2D eigenvalue weighted by atomic mass is 19.3. The van der Waals surface area contributed by atoms with Gasteiger partial charge in [-0.1, -0.05) is 19.8 Å². The van der Waals surface area contributed by atoms with Crippen molar-refractivity contribution in [1.29, 1.82) is 0 Å². The maximum Gasteiger partial charge on any atom is 0.398 e. The average molecular weight is 314 g/mol. The third-order valence-electron chi connectivity index (χ3n) is 4.65. The first-order chi connectivity index (χ1) is 10.4. The zero-order valence-electron chi connectivity index (χ0n) is 12.7. The van der Waals surface area contributed by atoms with Crippen molar-refractivity contribution in [2.75, 3.05) is 6.61 Å². The Morgan fingerprint density at radius 3 is 2.68 bits per heavy atom. The molecule has 0 spiro atoms. The molecule has 3 rings (SSSR count). The van der Waals surface area contributed by atoms with E-state index in [1.807, 2.05) is 0 Å². The zero-order valence-corrected chi connectivity index (χ0v) is 12.7. The molecule has 2 nitrogen and oxygen atoms in total. The summed E-state index contributed by atoms with van der Waals surface area (Å²) < 4.78 is 50.4. The highest BCUT2D eigenvalue weighted by Crippen LogP contribution is 2.39. The normalized spacial score (nSPS) is 26.9. The van der Waals surface area contributed by atoms with Gasteiger partial charge in [-0.2, -0.15) is 8.78 Å². The number of halogens is 3. The second-order valence-corrected chi connectivity index (χ2v) is 6.57. The van der Waals surface area contributed by atoms with Crippen LogP contribution < -0.4 is 9.47 Å². The van der Waals surface area contributed by atoms with Crippen LogP contribution in [0.2, 0.25) is 0 Å². The van der Waals surface area contributed by atoms with Gasteiger partial charge in [0.2, 0.25) is 0 Å². The van der Waals surface area contributed by atoms with Gasteiger partial charge in [0, 0.05) is 11.6 Å². The van der Waals surface area contributed by atoms with Crippen LogP contribution in [0.15, 0.2) is 12.1 Å². The van der Waals surface area contributed by atoms with Crippen molar-refractivity contribution in [2.24, 2.45) is 11.8 Å². The van der Waals surface area contributed by atoms with E-state index in [1.165, 1.54) is 12.8 Å². The molecule has 2 aliphatic rings. The third-order valence-corrected chi connectivity index (χ3v) is 4.65. The minimum Gasteiger partial charge on any atom is -0.493 e. The average Bonchev–Trinajstić information content (AvgIpc) is 2.47. The summed E-state index contributed by atoms with van der Waals surface area (Å²) in [7, 11) is 0. The quantitative estimate of drug-likeness (QED) is 0.786. The molecule has 0 unspecified atom stereocenters. The van der Waals surface area contributed by atoms with E-state index in [0.29, 0.717) is 23.8 Å². The standard InChI is InChI=1S/C17H21F3O2/c1-11-2-4-12(5-3-11)10-21-14-8-13-6-7-17(19,20)22-16(13)15(18)9-14/h8-9,11-12H,2-7,10H2,1H3. The summed E-state index contributed by atoms with van der Waals surface area (Å²) in [5.41, 5.74) is 0.457. The van der Waals surface area contributed by atoms with Crippen LogP contribution in [0.1, 0.15) is 44.6 Å². The van der Waals surface area contributed by atoms with Gasteiger partial charge in [-0.05, 0) is 37.2 Å². The minimum absolute atomic E-state index is 0.0946. The van der Waals surface area contributed by atoms with Gasteiger partial charge in [-0.25, -0.2) is 4.39 Å². The molecule has 1 aromatic carbocycles. The molecule has 1 aliphatic heterocycles. The molecule has 0 N–H and O–H groups in total. The van der Waals surface area contributed by atoms with Gasteiger partial charge in [-0.15, -0.1) is 0 Å². The van der Waals surface area contributed by atoms with Crippen LogP contribution in [-0.4, -0.2) is 12.7 Å². The Hall–Kier alpha value is -1.39. The lowest BCUT2D eigenvalue weighted by atomic mass is 9.83. The fraction of sp³-hybridized carbons (Fsp3) is 0.647. The fourth-order valence-corrected chi connectivity index (χ4v) is 3.20. The zero-order chi connectivity index (χ0) is 15.7. The molecule has 1 aliphatic carbocycles. The molecular formula is C17H21F3O2. The predicted molar refractivity (Wildman–Crippen MR) is 76.9 cm³/mol. The first-order valence-corrected chi connectivity index (χ1v) is 7.95. The first kappa shape index (κ1) is 15.5. The molecular weight excluding hydrogens is 293 g/mol. The van der Waals surface area contributed by atoms with E-state index in [0.717, 1.165) is 24.8 Å². The first-order valence-electron chi connectivity index (χ1n) is 7.95. The molecule has 1 aromatic rings. The van der Waals surface area contributed by atoms with Gasteiger partial charge < -0.3 is 9.47 Å². The smallest absolute Gasteiger partial charge is 0.398 e. The lowest BCUT2D eigenvalue weighted by Gasteiger charge is -2.27. The van der Waals surface area contributed by atoms with Crippen molar-refractivity contribution in [3.8, 4) is 11.5 Å². The molecule has 0 atom stereocenters. The van der Waals surface area contributed by atoms with Crippen molar-refractivity contribution < 1.29 is 22.6 Å². The van der Waals surface area contributed by atoms with Gasteiger partial charge in [0.25, 0.3) is 0 Å². The lowest BCUT2D eigenvalue weighted by Crippen LogP contribution is -2.30. The van der Waals surface area contributed by atoms with Crippen molar-refractivity contribution >= 4 is 0 Å². The maximum atomic E-state index is 14.0. The van der Waals surface area contributed by atoms with Crippen molar-refractivity contribution in [3.63, 3.8) is 0 Å². The Morgan fingerprint density at radius 1 is 1.23 bits per heavy atom.